The van der Waals surface area contributed by atoms with Gasteiger partial charge in [-0.2, -0.15) is 4.72 Å². The van der Waals surface area contributed by atoms with Gasteiger partial charge in [0.1, 0.15) is 10.9 Å². The number of amides is 2. The number of aromatic nitrogens is 1. The lowest BCUT2D eigenvalue weighted by Crippen LogP contribution is -2.52. The molecule has 0 aromatic carbocycles. The Kier molecular flexibility index (Phi) is 3.49. The van der Waals surface area contributed by atoms with Crippen molar-refractivity contribution >= 4 is 21.8 Å². The fraction of sp³-hybridized carbons (Fsp3) is 0.300. The van der Waals surface area contributed by atoms with Gasteiger partial charge in [0.05, 0.1) is 0 Å². The molecule has 3 N–H and O–H groups in total. The molecule has 2 rings (SSSR count). The number of carbonyl (C=O) groups is 2. The molecule has 1 aliphatic heterocycles. The van der Waals surface area contributed by atoms with Crippen LogP contribution in [0.15, 0.2) is 28.2 Å². The number of nitrogens with one attached hydrogen (secondary N) is 3. The van der Waals surface area contributed by atoms with Gasteiger partial charge < -0.3 is 4.98 Å². The van der Waals surface area contributed by atoms with E-state index in [0.717, 1.165) is 12.3 Å². The maximum Gasteiger partial charge on any atom is 0.246 e. The topological polar surface area (TPSA) is 125 Å². The van der Waals surface area contributed by atoms with Crippen molar-refractivity contribution in [3.63, 3.8) is 0 Å². The van der Waals surface area contributed by atoms with Gasteiger partial charge in [0.15, 0.2) is 0 Å². The fourth-order valence-electron chi connectivity index (χ4n) is 1.67. The second-order valence-corrected chi connectivity index (χ2v) is 5.68. The van der Waals surface area contributed by atoms with Gasteiger partial charge in [-0.25, -0.2) is 8.42 Å². The molecule has 1 saturated heterocycles. The minimum Gasteiger partial charge on any atom is -0.366 e. The lowest BCUT2D eigenvalue weighted by Gasteiger charge is -2.21. The van der Waals surface area contributed by atoms with E-state index in [-0.39, 0.29) is 12.8 Å². The average Bonchev–Trinajstić information content (AvgIpc) is 2.33. The van der Waals surface area contributed by atoms with Crippen molar-refractivity contribution < 1.29 is 18.0 Å². The Labute approximate surface area is 108 Å². The molecule has 0 saturated carbocycles. The minimum absolute atomic E-state index is 0.0457. The van der Waals surface area contributed by atoms with Crippen molar-refractivity contribution in [2.45, 2.75) is 23.8 Å². The Morgan fingerprint density at radius 3 is 2.63 bits per heavy atom. The third-order valence-corrected chi connectivity index (χ3v) is 4.11. The minimum atomic E-state index is -4.11. The number of carbonyl (C=O) groups excluding carboxylic acids is 2. The summed E-state index contributed by atoms with van der Waals surface area (Å²) in [5, 5.41) is 2.03. The van der Waals surface area contributed by atoms with Crippen LogP contribution in [0.5, 0.6) is 0 Å². The number of aromatic amines is 1. The third-order valence-electron chi connectivity index (χ3n) is 2.61. The monoisotopic (exact) mass is 285 g/mol. The lowest BCUT2D eigenvalue weighted by molar-refractivity contribution is -0.134. The molecule has 1 fully saturated rings. The normalized spacial score (nSPS) is 20.1. The molecule has 9 heteroatoms. The highest BCUT2D eigenvalue weighted by molar-refractivity contribution is 7.89. The predicted octanol–water partition coefficient (Wildman–Crippen LogP) is -1.54. The van der Waals surface area contributed by atoms with Crippen LogP contribution in [0.1, 0.15) is 12.8 Å². The molecule has 1 aromatic heterocycles. The maximum absolute atomic E-state index is 12.0. The summed E-state index contributed by atoms with van der Waals surface area (Å²) >= 11 is 0. The zero-order valence-electron chi connectivity index (χ0n) is 9.67. The molecule has 1 unspecified atom stereocenters. The Balaban J connectivity index is 2.23. The molecule has 2 amide bonds. The SMILES string of the molecule is O=C1CCC(NS(=O)(=O)c2c[nH]ccc2=O)C(=O)N1. The van der Waals surface area contributed by atoms with Crippen molar-refractivity contribution in [3.8, 4) is 0 Å². The first-order valence-electron chi connectivity index (χ1n) is 5.43. The van der Waals surface area contributed by atoms with Crippen molar-refractivity contribution in [2.24, 2.45) is 0 Å². The number of imide groups is 1. The summed E-state index contributed by atoms with van der Waals surface area (Å²) in [5.41, 5.74) is -0.682. The van der Waals surface area contributed by atoms with Crippen LogP contribution in [-0.4, -0.2) is 31.3 Å². The largest absolute Gasteiger partial charge is 0.366 e. The van der Waals surface area contributed by atoms with Crippen molar-refractivity contribution in [1.29, 1.82) is 0 Å². The van der Waals surface area contributed by atoms with Gasteiger partial charge in [-0.15, -0.1) is 0 Å². The van der Waals surface area contributed by atoms with Gasteiger partial charge in [-0.05, 0) is 6.42 Å². The fourth-order valence-corrected chi connectivity index (χ4v) is 2.95. The molecule has 0 bridgehead atoms. The van der Waals surface area contributed by atoms with Crippen molar-refractivity contribution in [3.05, 3.63) is 28.7 Å². The van der Waals surface area contributed by atoms with Crippen LogP contribution in [-0.2, 0) is 19.6 Å². The first kappa shape index (κ1) is 13.4. The summed E-state index contributed by atoms with van der Waals surface area (Å²) in [6.07, 6.45) is 2.45. The Morgan fingerprint density at radius 1 is 1.26 bits per heavy atom. The second kappa shape index (κ2) is 4.94. The second-order valence-electron chi connectivity index (χ2n) is 4.00. The van der Waals surface area contributed by atoms with Crippen molar-refractivity contribution in [1.82, 2.24) is 15.0 Å². The van der Waals surface area contributed by atoms with E-state index in [1.807, 2.05) is 5.32 Å². The summed E-state index contributed by atoms with van der Waals surface area (Å²) in [4.78, 5) is 35.9. The standard InChI is InChI=1S/C10H11N3O5S/c14-7-3-4-11-5-8(7)19(17,18)13-6-1-2-9(15)12-10(6)16/h3-6,13H,1-2H2,(H,11,14)(H,12,15,16). The smallest absolute Gasteiger partial charge is 0.246 e. The summed E-state index contributed by atoms with van der Waals surface area (Å²) < 4.78 is 26.0. The van der Waals surface area contributed by atoms with Gasteiger partial charge in [0.2, 0.25) is 27.3 Å². The summed E-state index contributed by atoms with van der Waals surface area (Å²) in [7, 11) is -4.11. The van der Waals surface area contributed by atoms with E-state index in [4.69, 9.17) is 0 Å². The zero-order valence-corrected chi connectivity index (χ0v) is 10.5. The van der Waals surface area contributed by atoms with Crippen LogP contribution < -0.4 is 15.5 Å². The molecule has 0 radical (unpaired) electrons. The van der Waals surface area contributed by atoms with Crippen LogP contribution in [0.3, 0.4) is 0 Å². The van der Waals surface area contributed by atoms with Crippen LogP contribution >= 0.6 is 0 Å². The van der Waals surface area contributed by atoms with E-state index < -0.39 is 38.2 Å². The molecule has 8 nitrogen and oxygen atoms in total. The highest BCUT2D eigenvalue weighted by Crippen LogP contribution is 2.08. The molecule has 102 valence electrons. The van der Waals surface area contributed by atoms with E-state index in [1.165, 1.54) is 6.20 Å². The van der Waals surface area contributed by atoms with Gasteiger partial charge in [-0.3, -0.25) is 19.7 Å². The first-order chi connectivity index (χ1) is 8.90. The zero-order chi connectivity index (χ0) is 14.0. The van der Waals surface area contributed by atoms with Crippen LogP contribution in [0.25, 0.3) is 0 Å². The molecule has 1 atom stereocenters. The number of hydrogen-bond donors (Lipinski definition) is 3. The van der Waals surface area contributed by atoms with Gasteiger partial charge >= 0.3 is 0 Å². The van der Waals surface area contributed by atoms with E-state index in [9.17, 15) is 22.8 Å². The Bertz CT molecular complexity index is 678. The molecule has 19 heavy (non-hydrogen) atoms. The van der Waals surface area contributed by atoms with Gasteiger partial charge in [0.25, 0.3) is 0 Å². The van der Waals surface area contributed by atoms with Crippen LogP contribution in [0, 0.1) is 0 Å². The molecule has 0 spiro atoms. The van der Waals surface area contributed by atoms with Crippen LogP contribution in [0.2, 0.25) is 0 Å². The third kappa shape index (κ3) is 2.88. The molecule has 0 aliphatic carbocycles. The number of pyridine rings is 1. The van der Waals surface area contributed by atoms with E-state index in [0.29, 0.717) is 0 Å². The van der Waals surface area contributed by atoms with E-state index in [1.54, 1.807) is 0 Å². The number of piperidine rings is 1. The molecular formula is C10H11N3O5S. The molecule has 1 aliphatic rings. The maximum atomic E-state index is 12.0. The van der Waals surface area contributed by atoms with E-state index in [2.05, 4.69) is 9.71 Å². The molecule has 2 heterocycles. The number of H-pyrrole nitrogens is 1. The van der Waals surface area contributed by atoms with Crippen molar-refractivity contribution in [2.75, 3.05) is 0 Å². The highest BCUT2D eigenvalue weighted by atomic mass is 32.2. The summed E-state index contributed by atoms with van der Waals surface area (Å²) in [5.74, 6) is -1.16. The predicted molar refractivity (Wildman–Crippen MR) is 63.6 cm³/mol. The van der Waals surface area contributed by atoms with E-state index >= 15 is 0 Å². The molecular weight excluding hydrogens is 274 g/mol. The summed E-state index contributed by atoms with van der Waals surface area (Å²) in [6.45, 7) is 0. The highest BCUT2D eigenvalue weighted by Gasteiger charge is 2.31. The lowest BCUT2D eigenvalue weighted by atomic mass is 10.1. The number of rotatable bonds is 3. The number of sulfonamides is 1. The Morgan fingerprint density at radius 2 is 2.00 bits per heavy atom. The van der Waals surface area contributed by atoms with Crippen LogP contribution in [0.4, 0.5) is 0 Å². The quantitative estimate of drug-likeness (QED) is 0.580. The summed E-state index contributed by atoms with van der Waals surface area (Å²) in [6, 6.07) is 0.0151. The number of hydrogen-bond acceptors (Lipinski definition) is 5. The Hall–Kier alpha value is -2.00. The average molecular weight is 285 g/mol. The molecule has 1 aromatic rings. The first-order valence-corrected chi connectivity index (χ1v) is 6.91. The van der Waals surface area contributed by atoms with Gasteiger partial charge in [0, 0.05) is 24.9 Å². The van der Waals surface area contributed by atoms with Gasteiger partial charge in [-0.1, -0.05) is 0 Å².